The highest BCUT2D eigenvalue weighted by Gasteiger charge is 2.32. The highest BCUT2D eigenvalue weighted by Crippen LogP contribution is 2.25. The van der Waals surface area contributed by atoms with E-state index in [1.54, 1.807) is 24.3 Å². The lowest BCUT2D eigenvalue weighted by molar-refractivity contribution is 0.0769. The molecule has 1 amide bonds. The predicted molar refractivity (Wildman–Crippen MR) is 159 cm³/mol. The van der Waals surface area contributed by atoms with Crippen LogP contribution >= 0.6 is 11.6 Å². The lowest BCUT2D eigenvalue weighted by Gasteiger charge is -2.31. The number of hydrogen-bond donors (Lipinski definition) is 2. The largest absolute Gasteiger partial charge is 0.487 e. The summed E-state index contributed by atoms with van der Waals surface area (Å²) >= 11 is 5.89. The third kappa shape index (κ3) is 8.29. The van der Waals surface area contributed by atoms with E-state index in [1.165, 1.54) is 0 Å². The molecule has 11 heteroatoms. The Bertz CT molecular complexity index is 1450. The first-order chi connectivity index (χ1) is 20.0. The van der Waals surface area contributed by atoms with Gasteiger partial charge in [0, 0.05) is 19.5 Å². The van der Waals surface area contributed by atoms with Crippen molar-refractivity contribution in [2.45, 2.75) is 49.8 Å². The molecule has 3 aromatic carbocycles. The van der Waals surface area contributed by atoms with Crippen molar-refractivity contribution in [1.82, 2.24) is 9.62 Å². The van der Waals surface area contributed by atoms with Crippen LogP contribution in [0, 0.1) is 11.7 Å². The van der Waals surface area contributed by atoms with Gasteiger partial charge in [0.1, 0.15) is 17.7 Å². The van der Waals surface area contributed by atoms with E-state index in [0.717, 1.165) is 28.1 Å². The quantitative estimate of drug-likeness (QED) is 0.288. The zero-order valence-corrected chi connectivity index (χ0v) is 25.2. The maximum Gasteiger partial charge on any atom is 0.255 e. The average Bonchev–Trinajstić information content (AvgIpc) is 3.47. The third-order valence-corrected chi connectivity index (χ3v) is 9.00. The fourth-order valence-corrected chi connectivity index (χ4v) is 6.63. The second-order valence-electron chi connectivity index (χ2n) is 10.7. The Labute approximate surface area is 251 Å². The number of ether oxygens (including phenoxy) is 2. The zero-order chi connectivity index (χ0) is 30.3. The molecule has 1 aliphatic rings. The molecule has 0 spiro atoms. The fourth-order valence-electron chi connectivity index (χ4n) is 4.74. The number of hydrogen-bond acceptors (Lipinski definition) is 6. The first-order valence-electron chi connectivity index (χ1n) is 13.9. The Balaban J connectivity index is 1.60. The van der Waals surface area contributed by atoms with Crippen molar-refractivity contribution in [3.63, 3.8) is 0 Å². The first kappa shape index (κ1) is 31.9. The summed E-state index contributed by atoms with van der Waals surface area (Å²) in [6.07, 6.45) is -0.509. The van der Waals surface area contributed by atoms with Gasteiger partial charge in [-0.05, 0) is 48.2 Å². The number of carbonyl (C=O) groups is 1. The van der Waals surface area contributed by atoms with Crippen molar-refractivity contribution in [3.05, 3.63) is 94.8 Å². The molecule has 0 radical (unpaired) electrons. The van der Waals surface area contributed by atoms with Crippen LogP contribution in [0.2, 0.25) is 5.02 Å². The number of carbonyl (C=O) groups excluding carboxylic acids is 1. The van der Waals surface area contributed by atoms with Crippen LogP contribution in [0.4, 0.5) is 4.39 Å². The van der Waals surface area contributed by atoms with E-state index < -0.39 is 33.9 Å². The predicted octanol–water partition coefficient (Wildman–Crippen LogP) is 4.70. The molecule has 4 rings (SSSR count). The van der Waals surface area contributed by atoms with Crippen molar-refractivity contribution in [1.29, 1.82) is 0 Å². The number of halogens is 2. The van der Waals surface area contributed by atoms with E-state index in [9.17, 15) is 22.7 Å². The second-order valence-corrected chi connectivity index (χ2v) is 13.1. The molecular weight excluding hydrogens is 583 g/mol. The SMILES string of the molecule is CC(C)CN(CC(O)C(Cc1ccccc1)NC(=O)c1ccccc1OC1CCOC1)S(=O)(=O)c1ccc(F)c(Cl)c1. The van der Waals surface area contributed by atoms with Gasteiger partial charge in [0.05, 0.1) is 40.8 Å². The highest BCUT2D eigenvalue weighted by atomic mass is 35.5. The number of amides is 1. The Kier molecular flexibility index (Phi) is 11.0. The monoisotopic (exact) mass is 618 g/mol. The maximum atomic E-state index is 13.8. The van der Waals surface area contributed by atoms with Crippen molar-refractivity contribution >= 4 is 27.5 Å². The van der Waals surface area contributed by atoms with Gasteiger partial charge >= 0.3 is 0 Å². The number of aliphatic hydroxyl groups is 1. The van der Waals surface area contributed by atoms with Gasteiger partial charge in [-0.3, -0.25) is 4.79 Å². The normalized spacial score (nSPS) is 16.9. The molecule has 1 heterocycles. The topological polar surface area (TPSA) is 105 Å². The van der Waals surface area contributed by atoms with Gasteiger partial charge < -0.3 is 19.9 Å². The van der Waals surface area contributed by atoms with Crippen LogP contribution in [0.15, 0.2) is 77.7 Å². The summed E-state index contributed by atoms with van der Waals surface area (Å²) in [5, 5.41) is 14.1. The Morgan fingerprint density at radius 3 is 2.50 bits per heavy atom. The molecule has 42 heavy (non-hydrogen) atoms. The van der Waals surface area contributed by atoms with Crippen molar-refractivity contribution < 1.29 is 32.2 Å². The number of rotatable bonds is 13. The van der Waals surface area contributed by atoms with E-state index in [0.29, 0.717) is 30.9 Å². The van der Waals surface area contributed by atoms with Crippen LogP contribution in [0.25, 0.3) is 0 Å². The van der Waals surface area contributed by atoms with Gasteiger partial charge in [-0.2, -0.15) is 4.31 Å². The molecule has 0 aliphatic carbocycles. The lowest BCUT2D eigenvalue weighted by atomic mass is 10.00. The van der Waals surface area contributed by atoms with Gasteiger partial charge in [-0.1, -0.05) is 67.9 Å². The summed E-state index contributed by atoms with van der Waals surface area (Å²) < 4.78 is 53.6. The van der Waals surface area contributed by atoms with Crippen molar-refractivity contribution in [3.8, 4) is 5.75 Å². The fraction of sp³-hybridized carbons (Fsp3) is 0.387. The summed E-state index contributed by atoms with van der Waals surface area (Å²) in [6.45, 7) is 4.49. The van der Waals surface area contributed by atoms with Crippen LogP contribution in [-0.2, 0) is 21.2 Å². The summed E-state index contributed by atoms with van der Waals surface area (Å²) in [4.78, 5) is 13.4. The smallest absolute Gasteiger partial charge is 0.255 e. The Hall–Kier alpha value is -3.02. The van der Waals surface area contributed by atoms with Gasteiger partial charge in [0.2, 0.25) is 10.0 Å². The van der Waals surface area contributed by atoms with Gasteiger partial charge in [-0.25, -0.2) is 12.8 Å². The molecule has 0 bridgehead atoms. The van der Waals surface area contributed by atoms with Crippen molar-refractivity contribution in [2.24, 2.45) is 5.92 Å². The summed E-state index contributed by atoms with van der Waals surface area (Å²) in [7, 11) is -4.16. The second kappa shape index (κ2) is 14.4. The number of nitrogens with zero attached hydrogens (tertiary/aromatic N) is 1. The highest BCUT2D eigenvalue weighted by molar-refractivity contribution is 7.89. The number of para-hydroxylation sites is 1. The van der Waals surface area contributed by atoms with Gasteiger partial charge in [0.15, 0.2) is 0 Å². The molecule has 8 nitrogen and oxygen atoms in total. The van der Waals surface area contributed by atoms with E-state index in [1.807, 2.05) is 44.2 Å². The number of nitrogens with one attached hydrogen (secondary N) is 1. The zero-order valence-electron chi connectivity index (χ0n) is 23.6. The molecular formula is C31H36ClFN2O6S. The van der Waals surface area contributed by atoms with Gasteiger partial charge in [0.25, 0.3) is 5.91 Å². The third-order valence-electron chi connectivity index (χ3n) is 6.88. The maximum absolute atomic E-state index is 13.8. The van der Waals surface area contributed by atoms with Crippen LogP contribution in [0.1, 0.15) is 36.2 Å². The molecule has 1 saturated heterocycles. The molecule has 0 aromatic heterocycles. The van der Waals surface area contributed by atoms with Gasteiger partial charge in [-0.15, -0.1) is 0 Å². The van der Waals surface area contributed by atoms with Crippen molar-refractivity contribution in [2.75, 3.05) is 26.3 Å². The van der Waals surface area contributed by atoms with Crippen LogP contribution < -0.4 is 10.1 Å². The molecule has 0 saturated carbocycles. The molecule has 226 valence electrons. The van der Waals surface area contributed by atoms with Crippen LogP contribution in [0.3, 0.4) is 0 Å². The van der Waals surface area contributed by atoms with E-state index in [-0.39, 0.29) is 41.5 Å². The molecule has 1 aliphatic heterocycles. The minimum Gasteiger partial charge on any atom is -0.487 e. The molecule has 3 unspecified atom stereocenters. The van der Waals surface area contributed by atoms with Crippen LogP contribution in [-0.4, -0.2) is 68.3 Å². The van der Waals surface area contributed by atoms with Crippen LogP contribution in [0.5, 0.6) is 5.75 Å². The molecule has 1 fully saturated rings. The number of sulfonamides is 1. The lowest BCUT2D eigenvalue weighted by Crippen LogP contribution is -2.51. The number of aliphatic hydroxyl groups excluding tert-OH is 1. The Morgan fingerprint density at radius 2 is 1.83 bits per heavy atom. The van der Waals surface area contributed by atoms with E-state index in [4.69, 9.17) is 21.1 Å². The average molecular weight is 619 g/mol. The minimum absolute atomic E-state index is 0.0839. The van der Waals surface area contributed by atoms with E-state index in [2.05, 4.69) is 5.32 Å². The Morgan fingerprint density at radius 1 is 1.12 bits per heavy atom. The van der Waals surface area contributed by atoms with E-state index >= 15 is 0 Å². The molecule has 3 atom stereocenters. The standard InChI is InChI=1S/C31H36ClFN2O6S/c1-21(2)18-35(42(38,39)24-12-13-27(33)26(32)17-24)19-29(36)28(16-22-8-4-3-5-9-22)34-31(37)25-10-6-7-11-30(25)41-23-14-15-40-20-23/h3-13,17,21,23,28-29,36H,14-16,18-20H2,1-2H3,(H,34,37). The number of benzene rings is 3. The minimum atomic E-state index is -4.16. The summed E-state index contributed by atoms with van der Waals surface area (Å²) in [5.41, 5.74) is 1.14. The molecule has 3 aromatic rings. The molecule has 2 N–H and O–H groups in total. The summed E-state index contributed by atoms with van der Waals surface area (Å²) in [6, 6.07) is 18.5. The first-order valence-corrected chi connectivity index (χ1v) is 15.7. The summed E-state index contributed by atoms with van der Waals surface area (Å²) in [5.74, 6) is -0.890.